The van der Waals surface area contributed by atoms with Crippen LogP contribution in [-0.2, 0) is 6.54 Å². The van der Waals surface area contributed by atoms with Crippen molar-refractivity contribution < 1.29 is 9.84 Å². The van der Waals surface area contributed by atoms with Gasteiger partial charge in [0.25, 0.3) is 0 Å². The van der Waals surface area contributed by atoms with E-state index < -0.39 is 6.10 Å². The number of rotatable bonds is 6. The van der Waals surface area contributed by atoms with Crippen LogP contribution in [0.25, 0.3) is 10.2 Å². The number of fused-ring (bicyclic) bond motifs is 1. The second-order valence-electron chi connectivity index (χ2n) is 7.66. The van der Waals surface area contributed by atoms with Gasteiger partial charge in [-0.1, -0.05) is 35.1 Å². The van der Waals surface area contributed by atoms with Crippen LogP contribution in [0.3, 0.4) is 0 Å². The molecule has 0 spiro atoms. The van der Waals surface area contributed by atoms with Crippen molar-refractivity contribution in [1.82, 2.24) is 9.47 Å². The second-order valence-corrected chi connectivity index (χ2v) is 9.13. The van der Waals surface area contributed by atoms with Crippen molar-refractivity contribution in [3.63, 3.8) is 0 Å². The van der Waals surface area contributed by atoms with Gasteiger partial charge in [0.05, 0.1) is 23.4 Å². The van der Waals surface area contributed by atoms with E-state index in [9.17, 15) is 5.11 Å². The predicted molar refractivity (Wildman–Crippen MR) is 118 cm³/mol. The normalized spacial score (nSPS) is 16.9. The Labute approximate surface area is 179 Å². The smallest absolute Gasteiger partial charge is 0.182 e. The number of aromatic nitrogens is 1. The standard InChI is InChI=1S/C22H26ClN3O2S/c1-28-18-5-2-16(3-6-18)20(27)14-25-10-8-15(9-11-25)13-26-19-7-4-17(23)12-21(19)29-22(26)24/h2-7,12,15,20,24,27H,8-11,13-14H2,1H3/t20-/m1/s1. The van der Waals surface area contributed by atoms with E-state index in [2.05, 4.69) is 9.47 Å². The van der Waals surface area contributed by atoms with E-state index in [0.29, 0.717) is 17.3 Å². The number of methoxy groups -OCH3 is 1. The van der Waals surface area contributed by atoms with Crippen molar-refractivity contribution in [3.8, 4) is 5.75 Å². The van der Waals surface area contributed by atoms with Gasteiger partial charge in [0.2, 0.25) is 0 Å². The van der Waals surface area contributed by atoms with E-state index >= 15 is 0 Å². The van der Waals surface area contributed by atoms with Gasteiger partial charge < -0.3 is 19.3 Å². The molecule has 1 aromatic heterocycles. The topological polar surface area (TPSA) is 61.5 Å². The van der Waals surface area contributed by atoms with E-state index in [0.717, 1.165) is 59.0 Å². The summed E-state index contributed by atoms with van der Waals surface area (Å²) in [6.45, 7) is 3.46. The Morgan fingerprint density at radius 3 is 2.62 bits per heavy atom. The number of nitrogens with one attached hydrogen (secondary N) is 1. The fraction of sp³-hybridized carbons (Fsp3) is 0.409. The van der Waals surface area contributed by atoms with Crippen LogP contribution in [0.5, 0.6) is 5.75 Å². The number of ether oxygens (including phenoxy) is 1. The Kier molecular flexibility index (Phi) is 6.25. The largest absolute Gasteiger partial charge is 0.497 e. The molecule has 1 saturated heterocycles. The third-order valence-electron chi connectivity index (χ3n) is 5.74. The monoisotopic (exact) mass is 431 g/mol. The predicted octanol–water partition coefficient (Wildman–Crippen LogP) is 4.29. The number of halogens is 1. The van der Waals surface area contributed by atoms with Gasteiger partial charge in [-0.25, -0.2) is 0 Å². The number of hydrogen-bond acceptors (Lipinski definition) is 5. The second kappa shape index (κ2) is 8.88. The highest BCUT2D eigenvalue weighted by Crippen LogP contribution is 2.26. The van der Waals surface area contributed by atoms with Crippen LogP contribution in [0.2, 0.25) is 5.02 Å². The summed E-state index contributed by atoms with van der Waals surface area (Å²) in [4.78, 5) is 2.92. The average Bonchev–Trinajstić information content (AvgIpc) is 3.03. The molecule has 7 heteroatoms. The summed E-state index contributed by atoms with van der Waals surface area (Å²) < 4.78 is 8.37. The lowest BCUT2D eigenvalue weighted by atomic mass is 9.96. The maximum Gasteiger partial charge on any atom is 0.182 e. The molecule has 3 aromatic rings. The molecule has 2 N–H and O–H groups in total. The first-order valence-electron chi connectivity index (χ1n) is 9.91. The Bertz CT molecular complexity index is 1020. The lowest BCUT2D eigenvalue weighted by Gasteiger charge is -2.33. The molecular formula is C22H26ClN3O2S. The molecule has 1 aliphatic heterocycles. The van der Waals surface area contributed by atoms with Gasteiger partial charge in [0, 0.05) is 18.1 Å². The van der Waals surface area contributed by atoms with Crippen LogP contribution in [0.4, 0.5) is 0 Å². The Morgan fingerprint density at radius 2 is 1.93 bits per heavy atom. The summed E-state index contributed by atoms with van der Waals surface area (Å²) in [7, 11) is 1.64. The van der Waals surface area contributed by atoms with Crippen LogP contribution < -0.4 is 9.54 Å². The fourth-order valence-electron chi connectivity index (χ4n) is 4.03. The molecule has 1 fully saturated rings. The molecule has 0 unspecified atom stereocenters. The zero-order chi connectivity index (χ0) is 20.4. The van der Waals surface area contributed by atoms with Crippen LogP contribution in [0.1, 0.15) is 24.5 Å². The summed E-state index contributed by atoms with van der Waals surface area (Å²) >= 11 is 7.58. The van der Waals surface area contributed by atoms with Crippen LogP contribution >= 0.6 is 22.9 Å². The maximum absolute atomic E-state index is 10.6. The van der Waals surface area contributed by atoms with Crippen LogP contribution in [0.15, 0.2) is 42.5 Å². The number of aliphatic hydroxyl groups excluding tert-OH is 1. The zero-order valence-corrected chi connectivity index (χ0v) is 18.0. The zero-order valence-electron chi connectivity index (χ0n) is 16.5. The number of thiazole rings is 1. The van der Waals surface area contributed by atoms with Gasteiger partial charge in [0.15, 0.2) is 4.80 Å². The van der Waals surface area contributed by atoms with E-state index in [1.807, 2.05) is 42.5 Å². The Morgan fingerprint density at radius 1 is 1.21 bits per heavy atom. The number of piperidine rings is 1. The van der Waals surface area contributed by atoms with Crippen molar-refractivity contribution in [1.29, 1.82) is 5.41 Å². The molecular weight excluding hydrogens is 406 g/mol. The average molecular weight is 432 g/mol. The minimum Gasteiger partial charge on any atom is -0.497 e. The Hall–Kier alpha value is -1.86. The molecule has 0 aliphatic carbocycles. The molecule has 1 atom stereocenters. The maximum atomic E-state index is 10.6. The SMILES string of the molecule is COc1ccc([C@H](O)CN2CCC(Cn3c(=N)sc4cc(Cl)ccc43)CC2)cc1. The van der Waals surface area contributed by atoms with E-state index in [4.69, 9.17) is 21.7 Å². The molecule has 4 rings (SSSR count). The summed E-state index contributed by atoms with van der Waals surface area (Å²) in [6.07, 6.45) is 1.66. The van der Waals surface area contributed by atoms with E-state index in [-0.39, 0.29) is 0 Å². The molecule has 0 radical (unpaired) electrons. The number of aliphatic hydroxyl groups is 1. The van der Waals surface area contributed by atoms with Gasteiger partial charge in [-0.15, -0.1) is 0 Å². The highest BCUT2D eigenvalue weighted by Gasteiger charge is 2.23. The number of likely N-dealkylation sites (tertiary alicyclic amines) is 1. The molecule has 1 aliphatic rings. The lowest BCUT2D eigenvalue weighted by molar-refractivity contribution is 0.0867. The van der Waals surface area contributed by atoms with E-state index in [1.54, 1.807) is 7.11 Å². The molecule has 5 nitrogen and oxygen atoms in total. The number of β-amino-alcohol motifs (C(OH)–C–C–N with tert-alkyl or cyclic N) is 1. The van der Waals surface area contributed by atoms with Crippen molar-refractivity contribution in [2.24, 2.45) is 5.92 Å². The molecule has 29 heavy (non-hydrogen) atoms. The molecule has 0 saturated carbocycles. The summed E-state index contributed by atoms with van der Waals surface area (Å²) in [5, 5.41) is 19.6. The third kappa shape index (κ3) is 4.67. The van der Waals surface area contributed by atoms with E-state index in [1.165, 1.54) is 11.3 Å². The van der Waals surface area contributed by atoms with Gasteiger partial charge in [0.1, 0.15) is 5.75 Å². The minimum absolute atomic E-state index is 0.489. The minimum atomic E-state index is -0.489. The Balaban J connectivity index is 1.34. The first kappa shape index (κ1) is 20.4. The lowest BCUT2D eigenvalue weighted by Crippen LogP contribution is -2.38. The number of benzene rings is 2. The summed E-state index contributed by atoms with van der Waals surface area (Å²) in [5.74, 6) is 1.35. The summed E-state index contributed by atoms with van der Waals surface area (Å²) in [6, 6.07) is 13.5. The van der Waals surface area contributed by atoms with Crippen LogP contribution in [0, 0.1) is 11.3 Å². The van der Waals surface area contributed by atoms with Gasteiger partial charge >= 0.3 is 0 Å². The van der Waals surface area contributed by atoms with Crippen molar-refractivity contribution in [2.75, 3.05) is 26.7 Å². The third-order valence-corrected chi connectivity index (χ3v) is 6.94. The summed E-state index contributed by atoms with van der Waals surface area (Å²) in [5.41, 5.74) is 2.02. The van der Waals surface area contributed by atoms with Gasteiger partial charge in [-0.2, -0.15) is 0 Å². The molecule has 2 heterocycles. The first-order chi connectivity index (χ1) is 14.0. The van der Waals surface area contributed by atoms with Gasteiger partial charge in [-0.3, -0.25) is 5.41 Å². The fourth-order valence-corrected chi connectivity index (χ4v) is 5.23. The van der Waals surface area contributed by atoms with Crippen molar-refractivity contribution in [3.05, 3.63) is 57.9 Å². The quantitative estimate of drug-likeness (QED) is 0.612. The van der Waals surface area contributed by atoms with Crippen LogP contribution in [-0.4, -0.2) is 41.3 Å². The molecule has 0 amide bonds. The molecule has 154 valence electrons. The van der Waals surface area contributed by atoms with Crippen molar-refractivity contribution in [2.45, 2.75) is 25.5 Å². The highest BCUT2D eigenvalue weighted by molar-refractivity contribution is 7.16. The van der Waals surface area contributed by atoms with Gasteiger partial charge in [-0.05, 0) is 67.7 Å². The molecule has 0 bridgehead atoms. The first-order valence-corrected chi connectivity index (χ1v) is 11.1. The molecule has 2 aromatic carbocycles. The number of nitrogens with zero attached hydrogens (tertiary/aromatic N) is 2. The highest BCUT2D eigenvalue weighted by atomic mass is 35.5. The van der Waals surface area contributed by atoms with Crippen molar-refractivity contribution >= 4 is 33.2 Å². The number of hydrogen-bond donors (Lipinski definition) is 2.